The lowest BCUT2D eigenvalue weighted by atomic mass is 10.2. The summed E-state index contributed by atoms with van der Waals surface area (Å²) in [6.45, 7) is 0.409. The van der Waals surface area contributed by atoms with Gasteiger partial charge in [-0.1, -0.05) is 12.1 Å². The van der Waals surface area contributed by atoms with Gasteiger partial charge in [0.25, 0.3) is 0 Å². The maximum absolute atomic E-state index is 12.0. The van der Waals surface area contributed by atoms with Crippen molar-refractivity contribution in [1.29, 1.82) is 0 Å². The molecule has 0 atom stereocenters. The monoisotopic (exact) mass is 310 g/mol. The summed E-state index contributed by atoms with van der Waals surface area (Å²) in [5.74, 6) is 0. The second kappa shape index (κ2) is 5.73. The van der Waals surface area contributed by atoms with Gasteiger partial charge in [0, 0.05) is 23.2 Å². The molecule has 6 heteroatoms. The average molecular weight is 311 g/mol. The minimum absolute atomic E-state index is 0.0231. The highest BCUT2D eigenvalue weighted by atomic mass is 79.9. The molecule has 1 aromatic carbocycles. The Kier molecular flexibility index (Phi) is 4.82. The van der Waals surface area contributed by atoms with E-state index in [9.17, 15) is 13.2 Å². The van der Waals surface area contributed by atoms with E-state index < -0.39 is 12.6 Å². The van der Waals surface area contributed by atoms with Crippen molar-refractivity contribution in [3.05, 3.63) is 28.2 Å². The highest BCUT2D eigenvalue weighted by Crippen LogP contribution is 2.25. The van der Waals surface area contributed by atoms with Crippen molar-refractivity contribution >= 4 is 21.6 Å². The number of alkyl halides is 3. The summed E-state index contributed by atoms with van der Waals surface area (Å²) >= 11 is 3.33. The Morgan fingerprint density at radius 1 is 1.35 bits per heavy atom. The van der Waals surface area contributed by atoms with Gasteiger partial charge in [0.1, 0.15) is 0 Å². The quantitative estimate of drug-likeness (QED) is 0.864. The van der Waals surface area contributed by atoms with Gasteiger partial charge in [0.2, 0.25) is 0 Å². The molecule has 0 aliphatic heterocycles. The molecule has 1 rings (SSSR count). The molecule has 0 unspecified atom stereocenters. The second-order valence-electron chi connectivity index (χ2n) is 3.92. The van der Waals surface area contributed by atoms with E-state index in [0.29, 0.717) is 12.2 Å². The first-order chi connectivity index (χ1) is 7.79. The third-order valence-corrected chi connectivity index (χ3v) is 3.29. The summed E-state index contributed by atoms with van der Waals surface area (Å²) in [5, 5.41) is 0. The van der Waals surface area contributed by atoms with Crippen molar-refractivity contribution in [2.75, 3.05) is 19.3 Å². The standard InChI is InChI=1S/C11H14BrF3N2/c1-17(6-5-11(13,14)15)7-8-3-2-4-9(16)10(8)12/h2-4H,5-7,16H2,1H3. The first-order valence-electron chi connectivity index (χ1n) is 5.08. The summed E-state index contributed by atoms with van der Waals surface area (Å²) in [6.07, 6.45) is -4.91. The van der Waals surface area contributed by atoms with Gasteiger partial charge in [0.15, 0.2) is 0 Å². The molecule has 2 N–H and O–H groups in total. The SMILES string of the molecule is CN(CCC(F)(F)F)Cc1cccc(N)c1Br. The van der Waals surface area contributed by atoms with Crippen molar-refractivity contribution in [3.8, 4) is 0 Å². The van der Waals surface area contributed by atoms with E-state index in [1.54, 1.807) is 24.1 Å². The average Bonchev–Trinajstić information content (AvgIpc) is 2.21. The molecule has 17 heavy (non-hydrogen) atoms. The molecule has 0 fully saturated rings. The minimum atomic E-state index is -4.11. The number of halogens is 4. The summed E-state index contributed by atoms with van der Waals surface area (Å²) in [5.41, 5.74) is 7.17. The smallest absolute Gasteiger partial charge is 0.390 e. The molecule has 0 saturated heterocycles. The Labute approximate surface area is 107 Å². The molecule has 0 aromatic heterocycles. The third kappa shape index (κ3) is 4.95. The molecule has 0 bridgehead atoms. The molecular formula is C11H14BrF3N2. The lowest BCUT2D eigenvalue weighted by Gasteiger charge is -2.18. The summed E-state index contributed by atoms with van der Waals surface area (Å²) in [6, 6.07) is 5.36. The van der Waals surface area contributed by atoms with E-state index in [2.05, 4.69) is 15.9 Å². The van der Waals surface area contributed by atoms with Crippen LogP contribution in [0.5, 0.6) is 0 Å². The second-order valence-corrected chi connectivity index (χ2v) is 4.72. The van der Waals surface area contributed by atoms with E-state index in [-0.39, 0.29) is 6.54 Å². The highest BCUT2D eigenvalue weighted by Gasteiger charge is 2.27. The van der Waals surface area contributed by atoms with Crippen LogP contribution in [0, 0.1) is 0 Å². The third-order valence-electron chi connectivity index (χ3n) is 2.33. The molecule has 0 aliphatic rings. The van der Waals surface area contributed by atoms with Gasteiger partial charge in [-0.05, 0) is 34.6 Å². The molecule has 96 valence electrons. The van der Waals surface area contributed by atoms with Crippen molar-refractivity contribution in [3.63, 3.8) is 0 Å². The predicted octanol–water partition coefficient (Wildman–Crippen LogP) is 3.42. The van der Waals surface area contributed by atoms with E-state index in [4.69, 9.17) is 5.73 Å². The van der Waals surface area contributed by atoms with Gasteiger partial charge < -0.3 is 10.6 Å². The highest BCUT2D eigenvalue weighted by molar-refractivity contribution is 9.10. The van der Waals surface area contributed by atoms with Crippen LogP contribution in [0.4, 0.5) is 18.9 Å². The number of benzene rings is 1. The molecule has 0 spiro atoms. The zero-order chi connectivity index (χ0) is 13.1. The van der Waals surface area contributed by atoms with E-state index in [0.717, 1.165) is 10.0 Å². The van der Waals surface area contributed by atoms with Crippen LogP contribution < -0.4 is 5.73 Å². The largest absolute Gasteiger partial charge is 0.398 e. The van der Waals surface area contributed by atoms with Crippen LogP contribution in [-0.2, 0) is 6.54 Å². The van der Waals surface area contributed by atoms with Crippen LogP contribution in [0.3, 0.4) is 0 Å². The number of hydrogen-bond donors (Lipinski definition) is 1. The topological polar surface area (TPSA) is 29.3 Å². The normalized spacial score (nSPS) is 12.1. The van der Waals surface area contributed by atoms with Crippen molar-refractivity contribution < 1.29 is 13.2 Å². The fourth-order valence-corrected chi connectivity index (χ4v) is 1.80. The van der Waals surface area contributed by atoms with E-state index in [1.807, 2.05) is 6.07 Å². The number of anilines is 1. The Morgan fingerprint density at radius 2 is 2.00 bits per heavy atom. The van der Waals surface area contributed by atoms with Crippen LogP contribution in [0.2, 0.25) is 0 Å². The van der Waals surface area contributed by atoms with E-state index >= 15 is 0 Å². The summed E-state index contributed by atoms with van der Waals surface area (Å²) < 4.78 is 36.9. The fourth-order valence-electron chi connectivity index (χ4n) is 1.41. The predicted molar refractivity (Wildman–Crippen MR) is 65.6 cm³/mol. The number of rotatable bonds is 4. The number of nitrogens with zero attached hydrogens (tertiary/aromatic N) is 1. The number of nitrogens with two attached hydrogens (primary N) is 1. The van der Waals surface area contributed by atoms with Gasteiger partial charge in [-0.2, -0.15) is 13.2 Å². The van der Waals surface area contributed by atoms with Crippen LogP contribution in [0.1, 0.15) is 12.0 Å². The van der Waals surface area contributed by atoms with Crippen LogP contribution in [0.25, 0.3) is 0 Å². The maximum Gasteiger partial charge on any atom is 0.390 e. The lowest BCUT2D eigenvalue weighted by Crippen LogP contribution is -2.24. The molecule has 0 heterocycles. The Morgan fingerprint density at radius 3 is 2.59 bits per heavy atom. The fraction of sp³-hybridized carbons (Fsp3) is 0.455. The summed E-state index contributed by atoms with van der Waals surface area (Å²) in [4.78, 5) is 1.62. The first kappa shape index (κ1) is 14.3. The molecule has 2 nitrogen and oxygen atoms in total. The van der Waals surface area contributed by atoms with Crippen LogP contribution in [-0.4, -0.2) is 24.7 Å². The minimum Gasteiger partial charge on any atom is -0.398 e. The van der Waals surface area contributed by atoms with Gasteiger partial charge in [0.05, 0.1) is 6.42 Å². The molecule has 1 aromatic rings. The number of nitrogen functional groups attached to an aromatic ring is 1. The van der Waals surface area contributed by atoms with Crippen LogP contribution >= 0.6 is 15.9 Å². The molecule has 0 radical (unpaired) electrons. The number of hydrogen-bond acceptors (Lipinski definition) is 2. The summed E-state index contributed by atoms with van der Waals surface area (Å²) in [7, 11) is 1.65. The van der Waals surface area contributed by atoms with Crippen molar-refractivity contribution in [2.24, 2.45) is 0 Å². The molecule has 0 saturated carbocycles. The Balaban J connectivity index is 2.56. The van der Waals surface area contributed by atoms with Crippen molar-refractivity contribution in [2.45, 2.75) is 19.1 Å². The Hall–Kier alpha value is -0.750. The first-order valence-corrected chi connectivity index (χ1v) is 5.87. The molecule has 0 amide bonds. The van der Waals surface area contributed by atoms with E-state index in [1.165, 1.54) is 0 Å². The van der Waals surface area contributed by atoms with Gasteiger partial charge in [-0.15, -0.1) is 0 Å². The zero-order valence-electron chi connectivity index (χ0n) is 9.39. The van der Waals surface area contributed by atoms with Crippen LogP contribution in [0.15, 0.2) is 22.7 Å². The van der Waals surface area contributed by atoms with Crippen molar-refractivity contribution in [1.82, 2.24) is 4.90 Å². The Bertz CT molecular complexity index is 379. The molecule has 0 aliphatic carbocycles. The lowest BCUT2D eigenvalue weighted by molar-refractivity contribution is -0.137. The maximum atomic E-state index is 12.0. The molecular weight excluding hydrogens is 297 g/mol. The van der Waals surface area contributed by atoms with Gasteiger partial charge in [-0.25, -0.2) is 0 Å². The zero-order valence-corrected chi connectivity index (χ0v) is 11.0. The van der Waals surface area contributed by atoms with Gasteiger partial charge in [-0.3, -0.25) is 0 Å². The van der Waals surface area contributed by atoms with Gasteiger partial charge >= 0.3 is 6.18 Å².